The Kier molecular flexibility index (Phi) is 4.43. The minimum Gasteiger partial charge on any atom is -0.460 e. The molecular formula is C18H21BrO2. The fraction of sp³-hybridized carbons (Fsp3) is 0.389. The molecule has 0 aliphatic rings. The summed E-state index contributed by atoms with van der Waals surface area (Å²) in [6.45, 7) is 10.7. The van der Waals surface area contributed by atoms with Crippen LogP contribution in [0, 0.1) is 13.8 Å². The Hall–Kier alpha value is -1.35. The zero-order chi connectivity index (χ0) is 15.8. The summed E-state index contributed by atoms with van der Waals surface area (Å²) in [6.07, 6.45) is 1.90. The standard InChI is InChI=1S/C18H21BrO2/c1-11-8-13(18(3,4)5)9-12(2)14(11)10-16(20)17-15(19)6-7-21-17/h6-9H,10H2,1-5H3. The maximum Gasteiger partial charge on any atom is 0.203 e. The van der Waals surface area contributed by atoms with E-state index in [4.69, 9.17) is 4.42 Å². The van der Waals surface area contributed by atoms with Crippen molar-refractivity contribution in [1.29, 1.82) is 0 Å². The van der Waals surface area contributed by atoms with Gasteiger partial charge in [0.05, 0.1) is 10.7 Å². The van der Waals surface area contributed by atoms with Gasteiger partial charge in [0.15, 0.2) is 5.76 Å². The molecule has 0 saturated heterocycles. The first-order valence-corrected chi connectivity index (χ1v) is 7.86. The predicted octanol–water partition coefficient (Wildman–Crippen LogP) is 5.38. The van der Waals surface area contributed by atoms with E-state index in [0.717, 1.165) is 16.7 Å². The van der Waals surface area contributed by atoms with Gasteiger partial charge in [0.1, 0.15) is 0 Å². The van der Waals surface area contributed by atoms with E-state index in [1.54, 1.807) is 6.07 Å². The quantitative estimate of drug-likeness (QED) is 0.696. The molecule has 2 aromatic rings. The first kappa shape index (κ1) is 16.0. The van der Waals surface area contributed by atoms with Crippen LogP contribution >= 0.6 is 15.9 Å². The van der Waals surface area contributed by atoms with Crippen LogP contribution in [0.3, 0.4) is 0 Å². The van der Waals surface area contributed by atoms with Crippen LogP contribution in [0.15, 0.2) is 33.4 Å². The lowest BCUT2D eigenvalue weighted by atomic mass is 9.83. The van der Waals surface area contributed by atoms with Crippen molar-refractivity contribution in [3.8, 4) is 0 Å². The van der Waals surface area contributed by atoms with Gasteiger partial charge in [0, 0.05) is 6.42 Å². The summed E-state index contributed by atoms with van der Waals surface area (Å²) in [4.78, 5) is 12.4. The molecule has 112 valence electrons. The second kappa shape index (κ2) is 5.80. The van der Waals surface area contributed by atoms with Crippen molar-refractivity contribution in [1.82, 2.24) is 0 Å². The molecule has 0 fully saturated rings. The number of halogens is 1. The Morgan fingerprint density at radius 3 is 2.19 bits per heavy atom. The number of ketones is 1. The molecule has 0 aliphatic heterocycles. The molecule has 1 aromatic heterocycles. The van der Waals surface area contributed by atoms with Gasteiger partial charge in [-0.2, -0.15) is 0 Å². The normalized spacial score (nSPS) is 11.7. The van der Waals surface area contributed by atoms with Crippen molar-refractivity contribution in [2.75, 3.05) is 0 Å². The van der Waals surface area contributed by atoms with Crippen LogP contribution < -0.4 is 0 Å². The zero-order valence-corrected chi connectivity index (χ0v) is 14.8. The third kappa shape index (κ3) is 3.46. The molecule has 0 bridgehead atoms. The van der Waals surface area contributed by atoms with Gasteiger partial charge in [-0.1, -0.05) is 32.9 Å². The molecule has 1 aromatic carbocycles. The highest BCUT2D eigenvalue weighted by molar-refractivity contribution is 9.10. The highest BCUT2D eigenvalue weighted by Crippen LogP contribution is 2.28. The second-order valence-electron chi connectivity index (χ2n) is 6.54. The Morgan fingerprint density at radius 2 is 1.76 bits per heavy atom. The fourth-order valence-electron chi connectivity index (χ4n) is 2.44. The third-order valence-electron chi connectivity index (χ3n) is 3.77. The van der Waals surface area contributed by atoms with E-state index in [1.807, 2.05) is 0 Å². The van der Waals surface area contributed by atoms with Crippen molar-refractivity contribution in [3.05, 3.63) is 56.9 Å². The van der Waals surface area contributed by atoms with Gasteiger partial charge < -0.3 is 4.42 Å². The Bertz CT molecular complexity index is 652. The molecule has 1 heterocycles. The number of aryl methyl sites for hydroxylation is 2. The number of carbonyl (C=O) groups excluding carboxylic acids is 1. The SMILES string of the molecule is Cc1cc(C(C)(C)C)cc(C)c1CC(=O)c1occc1Br. The van der Waals surface area contributed by atoms with Gasteiger partial charge in [-0.05, 0) is 63.5 Å². The van der Waals surface area contributed by atoms with Crippen LogP contribution in [0.2, 0.25) is 0 Å². The topological polar surface area (TPSA) is 30.2 Å². The lowest BCUT2D eigenvalue weighted by molar-refractivity contribution is 0.0965. The highest BCUT2D eigenvalue weighted by atomic mass is 79.9. The summed E-state index contributed by atoms with van der Waals surface area (Å²) >= 11 is 3.34. The first-order chi connectivity index (χ1) is 9.70. The number of hydrogen-bond donors (Lipinski definition) is 0. The highest BCUT2D eigenvalue weighted by Gasteiger charge is 2.19. The summed E-state index contributed by atoms with van der Waals surface area (Å²) in [6, 6.07) is 6.12. The smallest absolute Gasteiger partial charge is 0.203 e. The summed E-state index contributed by atoms with van der Waals surface area (Å²) in [7, 11) is 0. The Balaban J connectivity index is 2.34. The second-order valence-corrected chi connectivity index (χ2v) is 7.39. The van der Waals surface area contributed by atoms with Crippen LogP contribution in [-0.2, 0) is 11.8 Å². The van der Waals surface area contributed by atoms with Gasteiger partial charge >= 0.3 is 0 Å². The van der Waals surface area contributed by atoms with Gasteiger partial charge in [-0.15, -0.1) is 0 Å². The summed E-state index contributed by atoms with van der Waals surface area (Å²) < 4.78 is 5.98. The maximum atomic E-state index is 12.4. The molecule has 0 amide bonds. The lowest BCUT2D eigenvalue weighted by Gasteiger charge is -2.22. The average Bonchev–Trinajstić information content (AvgIpc) is 2.78. The number of benzene rings is 1. The maximum absolute atomic E-state index is 12.4. The molecule has 0 N–H and O–H groups in total. The van der Waals surface area contributed by atoms with E-state index >= 15 is 0 Å². The molecule has 3 heteroatoms. The summed E-state index contributed by atoms with van der Waals surface area (Å²) in [5.41, 5.74) is 4.83. The molecule has 0 atom stereocenters. The van der Waals surface area contributed by atoms with E-state index in [1.165, 1.54) is 11.8 Å². The van der Waals surface area contributed by atoms with Crippen LogP contribution in [0.4, 0.5) is 0 Å². The zero-order valence-electron chi connectivity index (χ0n) is 13.2. The van der Waals surface area contributed by atoms with Gasteiger partial charge in [0.2, 0.25) is 5.78 Å². The number of hydrogen-bond acceptors (Lipinski definition) is 2. The summed E-state index contributed by atoms with van der Waals surface area (Å²) in [5, 5.41) is 0. The van der Waals surface area contributed by atoms with Crippen molar-refractivity contribution in [3.63, 3.8) is 0 Å². The number of Topliss-reactive ketones (excluding diaryl/α,β-unsaturated/α-hetero) is 1. The van der Waals surface area contributed by atoms with E-state index in [-0.39, 0.29) is 11.2 Å². The van der Waals surface area contributed by atoms with Crippen molar-refractivity contribution >= 4 is 21.7 Å². The number of carbonyl (C=O) groups is 1. The van der Waals surface area contributed by atoms with Crippen molar-refractivity contribution < 1.29 is 9.21 Å². The molecule has 0 unspecified atom stereocenters. The van der Waals surface area contributed by atoms with Gasteiger partial charge in [-0.25, -0.2) is 0 Å². The minimum atomic E-state index is 0.00147. The molecule has 0 spiro atoms. The monoisotopic (exact) mass is 348 g/mol. The van der Waals surface area contributed by atoms with Gasteiger partial charge in [-0.3, -0.25) is 4.79 Å². The average molecular weight is 349 g/mol. The van der Waals surface area contributed by atoms with E-state index < -0.39 is 0 Å². The Labute approximate surface area is 134 Å². The number of furan rings is 1. The van der Waals surface area contributed by atoms with Gasteiger partial charge in [0.25, 0.3) is 0 Å². The molecule has 2 rings (SSSR count). The minimum absolute atomic E-state index is 0.00147. The predicted molar refractivity (Wildman–Crippen MR) is 89.1 cm³/mol. The lowest BCUT2D eigenvalue weighted by Crippen LogP contribution is -2.13. The number of rotatable bonds is 3. The molecule has 0 saturated carbocycles. The fourth-order valence-corrected chi connectivity index (χ4v) is 2.86. The molecule has 0 aliphatic carbocycles. The molecule has 0 radical (unpaired) electrons. The molecule has 21 heavy (non-hydrogen) atoms. The van der Waals surface area contributed by atoms with Crippen LogP contribution in [0.1, 0.15) is 53.6 Å². The van der Waals surface area contributed by atoms with Crippen LogP contribution in [-0.4, -0.2) is 5.78 Å². The van der Waals surface area contributed by atoms with Crippen LogP contribution in [0.25, 0.3) is 0 Å². The molecule has 2 nitrogen and oxygen atoms in total. The first-order valence-electron chi connectivity index (χ1n) is 7.07. The van der Waals surface area contributed by atoms with E-state index in [2.05, 4.69) is 62.7 Å². The molecular weight excluding hydrogens is 328 g/mol. The largest absolute Gasteiger partial charge is 0.460 e. The van der Waals surface area contributed by atoms with Crippen molar-refractivity contribution in [2.24, 2.45) is 0 Å². The van der Waals surface area contributed by atoms with Crippen LogP contribution in [0.5, 0.6) is 0 Å². The van der Waals surface area contributed by atoms with E-state index in [9.17, 15) is 4.79 Å². The summed E-state index contributed by atoms with van der Waals surface area (Å²) in [5.74, 6) is 0.398. The Morgan fingerprint density at radius 1 is 1.19 bits per heavy atom. The van der Waals surface area contributed by atoms with Crippen molar-refractivity contribution in [2.45, 2.75) is 46.5 Å². The third-order valence-corrected chi connectivity index (χ3v) is 4.39. The van der Waals surface area contributed by atoms with E-state index in [0.29, 0.717) is 16.7 Å².